The van der Waals surface area contributed by atoms with Gasteiger partial charge < -0.3 is 5.32 Å². The molecule has 108 valence electrons. The van der Waals surface area contributed by atoms with E-state index < -0.39 is 9.84 Å². The van der Waals surface area contributed by atoms with Crippen LogP contribution in [0.5, 0.6) is 0 Å². The van der Waals surface area contributed by atoms with Crippen LogP contribution in [0.1, 0.15) is 58.8 Å². The predicted octanol–water partition coefficient (Wildman–Crippen LogP) is 2.76. The van der Waals surface area contributed by atoms with Crippen molar-refractivity contribution in [3.8, 4) is 0 Å². The quantitative estimate of drug-likeness (QED) is 0.658. The Morgan fingerprint density at radius 1 is 1.22 bits per heavy atom. The molecule has 1 aliphatic heterocycles. The van der Waals surface area contributed by atoms with Gasteiger partial charge in [-0.1, -0.05) is 39.0 Å². The molecule has 1 aliphatic rings. The van der Waals surface area contributed by atoms with E-state index in [2.05, 4.69) is 19.2 Å². The fraction of sp³-hybridized carbons (Fsp3) is 1.00. The Morgan fingerprint density at radius 3 is 2.56 bits per heavy atom. The lowest BCUT2D eigenvalue weighted by Gasteiger charge is -2.16. The first-order chi connectivity index (χ1) is 8.53. The standard InChI is InChI=1S/C14H29NO2S/c1-3-4-5-6-7-8-13(2)15-11-14-9-10-18(16,17)12-14/h13-15H,3-12H2,1-2H3. The number of hydrogen-bond donors (Lipinski definition) is 1. The van der Waals surface area contributed by atoms with Gasteiger partial charge in [0.15, 0.2) is 9.84 Å². The van der Waals surface area contributed by atoms with Crippen molar-refractivity contribution in [2.24, 2.45) is 5.92 Å². The molecule has 3 nitrogen and oxygen atoms in total. The maximum Gasteiger partial charge on any atom is 0.150 e. The summed E-state index contributed by atoms with van der Waals surface area (Å²) in [6, 6.07) is 0.523. The zero-order valence-corrected chi connectivity index (χ0v) is 12.8. The van der Waals surface area contributed by atoms with Crippen molar-refractivity contribution in [1.29, 1.82) is 0 Å². The summed E-state index contributed by atoms with van der Waals surface area (Å²) in [5.41, 5.74) is 0. The van der Waals surface area contributed by atoms with E-state index >= 15 is 0 Å². The van der Waals surface area contributed by atoms with Crippen LogP contribution < -0.4 is 5.32 Å². The molecule has 1 heterocycles. The van der Waals surface area contributed by atoms with Gasteiger partial charge in [0.2, 0.25) is 0 Å². The van der Waals surface area contributed by atoms with Crippen LogP contribution in [0, 0.1) is 5.92 Å². The molecule has 0 aliphatic carbocycles. The molecule has 0 aromatic carbocycles. The van der Waals surface area contributed by atoms with Gasteiger partial charge in [-0.15, -0.1) is 0 Å². The lowest BCUT2D eigenvalue weighted by atomic mass is 10.1. The van der Waals surface area contributed by atoms with Crippen LogP contribution in [0.3, 0.4) is 0 Å². The number of unbranched alkanes of at least 4 members (excludes halogenated alkanes) is 4. The zero-order chi connectivity index (χ0) is 13.4. The molecule has 0 aromatic rings. The molecular weight excluding hydrogens is 246 g/mol. The highest BCUT2D eigenvalue weighted by atomic mass is 32.2. The first-order valence-corrected chi connectivity index (χ1v) is 9.29. The first kappa shape index (κ1) is 16.0. The van der Waals surface area contributed by atoms with Crippen LogP contribution in [0.25, 0.3) is 0 Å². The second kappa shape index (κ2) is 8.16. The summed E-state index contributed by atoms with van der Waals surface area (Å²) >= 11 is 0. The Hall–Kier alpha value is -0.0900. The second-order valence-corrected chi connectivity index (χ2v) is 8.01. The summed E-state index contributed by atoms with van der Waals surface area (Å²) in [7, 11) is -2.71. The summed E-state index contributed by atoms with van der Waals surface area (Å²) in [5.74, 6) is 1.13. The van der Waals surface area contributed by atoms with E-state index in [9.17, 15) is 8.42 Å². The van der Waals surface area contributed by atoms with Gasteiger partial charge in [-0.05, 0) is 32.2 Å². The minimum absolute atomic E-state index is 0.345. The molecule has 0 amide bonds. The van der Waals surface area contributed by atoms with Crippen molar-refractivity contribution in [3.63, 3.8) is 0 Å². The highest BCUT2D eigenvalue weighted by molar-refractivity contribution is 7.91. The average molecular weight is 275 g/mol. The fourth-order valence-corrected chi connectivity index (χ4v) is 4.42. The minimum Gasteiger partial charge on any atom is -0.314 e. The van der Waals surface area contributed by atoms with Gasteiger partial charge in [-0.2, -0.15) is 0 Å². The van der Waals surface area contributed by atoms with Crippen molar-refractivity contribution in [2.75, 3.05) is 18.1 Å². The molecule has 2 atom stereocenters. The van der Waals surface area contributed by atoms with Gasteiger partial charge >= 0.3 is 0 Å². The topological polar surface area (TPSA) is 46.2 Å². The monoisotopic (exact) mass is 275 g/mol. The van der Waals surface area contributed by atoms with Crippen LogP contribution >= 0.6 is 0 Å². The van der Waals surface area contributed by atoms with Crippen molar-refractivity contribution < 1.29 is 8.42 Å². The Balaban J connectivity index is 2.02. The molecule has 1 fully saturated rings. The van der Waals surface area contributed by atoms with Gasteiger partial charge in [-0.3, -0.25) is 0 Å². The molecule has 2 unspecified atom stereocenters. The molecule has 1 N–H and O–H groups in total. The van der Waals surface area contributed by atoms with E-state index in [-0.39, 0.29) is 0 Å². The number of nitrogens with one attached hydrogen (secondary N) is 1. The van der Waals surface area contributed by atoms with Gasteiger partial charge in [-0.25, -0.2) is 8.42 Å². The highest BCUT2D eigenvalue weighted by Crippen LogP contribution is 2.17. The summed E-state index contributed by atoms with van der Waals surface area (Å²) in [6.07, 6.45) is 8.67. The molecule has 0 saturated carbocycles. The summed E-state index contributed by atoms with van der Waals surface area (Å²) in [5, 5.41) is 3.49. The third-order valence-electron chi connectivity index (χ3n) is 3.82. The van der Waals surface area contributed by atoms with Crippen molar-refractivity contribution in [1.82, 2.24) is 5.32 Å². The average Bonchev–Trinajstić information content (AvgIpc) is 2.66. The van der Waals surface area contributed by atoms with Crippen molar-refractivity contribution in [3.05, 3.63) is 0 Å². The van der Waals surface area contributed by atoms with Gasteiger partial charge in [0.1, 0.15) is 0 Å². The van der Waals surface area contributed by atoms with E-state index in [1.54, 1.807) is 0 Å². The summed E-state index contributed by atoms with van der Waals surface area (Å²) in [4.78, 5) is 0. The van der Waals surface area contributed by atoms with Gasteiger partial charge in [0.05, 0.1) is 11.5 Å². The Labute approximate surface area is 113 Å². The molecule has 1 saturated heterocycles. The predicted molar refractivity (Wildman–Crippen MR) is 77.6 cm³/mol. The molecule has 18 heavy (non-hydrogen) atoms. The van der Waals surface area contributed by atoms with Crippen LogP contribution in [0.15, 0.2) is 0 Å². The molecule has 0 spiro atoms. The molecule has 4 heteroatoms. The highest BCUT2D eigenvalue weighted by Gasteiger charge is 2.27. The smallest absolute Gasteiger partial charge is 0.150 e. The van der Waals surface area contributed by atoms with Crippen molar-refractivity contribution in [2.45, 2.75) is 64.8 Å². The molecule has 0 aromatic heterocycles. The van der Waals surface area contributed by atoms with E-state index in [0.29, 0.717) is 23.5 Å². The third-order valence-corrected chi connectivity index (χ3v) is 5.66. The second-order valence-electron chi connectivity index (χ2n) is 5.78. The van der Waals surface area contributed by atoms with E-state index in [1.165, 1.54) is 38.5 Å². The van der Waals surface area contributed by atoms with E-state index in [0.717, 1.165) is 13.0 Å². The Kier molecular flexibility index (Phi) is 7.23. The van der Waals surface area contributed by atoms with Crippen LogP contribution in [0.2, 0.25) is 0 Å². The minimum atomic E-state index is -2.71. The number of hydrogen-bond acceptors (Lipinski definition) is 3. The number of rotatable bonds is 9. The third kappa shape index (κ3) is 6.74. The summed E-state index contributed by atoms with van der Waals surface area (Å²) in [6.45, 7) is 5.32. The largest absolute Gasteiger partial charge is 0.314 e. The van der Waals surface area contributed by atoms with E-state index in [4.69, 9.17) is 0 Å². The lowest BCUT2D eigenvalue weighted by molar-refractivity contribution is 0.435. The maximum absolute atomic E-state index is 11.3. The maximum atomic E-state index is 11.3. The normalized spacial score (nSPS) is 24.2. The number of sulfone groups is 1. The van der Waals surface area contributed by atoms with Crippen LogP contribution in [-0.4, -0.2) is 32.5 Å². The van der Waals surface area contributed by atoms with Crippen LogP contribution in [-0.2, 0) is 9.84 Å². The Morgan fingerprint density at radius 2 is 1.94 bits per heavy atom. The SMILES string of the molecule is CCCCCCCC(C)NCC1CCS(=O)(=O)C1. The summed E-state index contributed by atoms with van der Waals surface area (Å²) < 4.78 is 22.7. The van der Waals surface area contributed by atoms with Crippen LogP contribution in [0.4, 0.5) is 0 Å². The molecule has 0 bridgehead atoms. The fourth-order valence-electron chi connectivity index (χ4n) is 2.56. The van der Waals surface area contributed by atoms with Gasteiger partial charge in [0.25, 0.3) is 0 Å². The molecule has 1 rings (SSSR count). The lowest BCUT2D eigenvalue weighted by Crippen LogP contribution is -2.31. The first-order valence-electron chi connectivity index (χ1n) is 7.47. The van der Waals surface area contributed by atoms with E-state index in [1.807, 2.05) is 0 Å². The molecule has 0 radical (unpaired) electrons. The zero-order valence-electron chi connectivity index (χ0n) is 12.0. The van der Waals surface area contributed by atoms with Crippen molar-refractivity contribution >= 4 is 9.84 Å². The molecular formula is C14H29NO2S. The Bertz CT molecular complexity index is 314. The van der Waals surface area contributed by atoms with Gasteiger partial charge in [0, 0.05) is 6.04 Å².